The van der Waals surface area contributed by atoms with Gasteiger partial charge in [-0.2, -0.15) is 0 Å². The smallest absolute Gasteiger partial charge is 0.408 e. The maximum atomic E-state index is 13.7. The van der Waals surface area contributed by atoms with Gasteiger partial charge in [-0.3, -0.25) is 4.79 Å². The zero-order chi connectivity index (χ0) is 25.6. The summed E-state index contributed by atoms with van der Waals surface area (Å²) < 4.78 is 5.39. The van der Waals surface area contributed by atoms with Crippen molar-refractivity contribution in [1.82, 2.24) is 10.4 Å². The number of rotatable bonds is 6. The molecular weight excluding hydrogens is 452 g/mol. The lowest BCUT2D eigenvalue weighted by molar-refractivity contribution is -0.219. The molecule has 1 aliphatic heterocycles. The van der Waals surface area contributed by atoms with Crippen LogP contribution in [0.1, 0.15) is 43.9 Å². The third kappa shape index (κ3) is 5.66. The fourth-order valence-electron chi connectivity index (χ4n) is 4.26. The zero-order valence-electron chi connectivity index (χ0n) is 20.9. The van der Waals surface area contributed by atoms with E-state index < -0.39 is 23.3 Å². The summed E-state index contributed by atoms with van der Waals surface area (Å²) in [6.07, 6.45) is 3.45. The predicted octanol–water partition coefficient (Wildman–Crippen LogP) is 5.59. The standard InChI is InChI=1S/C30H32N2O4/c1-29(2,3)35-28(34)31-26-21-13-14-22-32(27(26)33)36-30(23-15-7-4-8-16-23,24-17-9-5-10-18-24)25-19-11-6-12-20-25/h4-20,26H,21-22H2,1-3H3,(H,31,34). The van der Waals surface area contributed by atoms with Crippen LogP contribution in [0.15, 0.2) is 103 Å². The summed E-state index contributed by atoms with van der Waals surface area (Å²) in [5.41, 5.74) is 0.848. The number of nitrogens with one attached hydrogen (secondary N) is 1. The van der Waals surface area contributed by atoms with Crippen LogP contribution >= 0.6 is 0 Å². The molecule has 0 spiro atoms. The van der Waals surface area contributed by atoms with Gasteiger partial charge in [0.15, 0.2) is 5.60 Å². The molecule has 186 valence electrons. The van der Waals surface area contributed by atoms with Crippen molar-refractivity contribution in [3.8, 4) is 0 Å². The number of benzene rings is 3. The van der Waals surface area contributed by atoms with Crippen LogP contribution in [0.25, 0.3) is 0 Å². The van der Waals surface area contributed by atoms with E-state index in [0.29, 0.717) is 6.42 Å². The van der Waals surface area contributed by atoms with Crippen LogP contribution in [-0.2, 0) is 20.0 Å². The number of hydrogen-bond donors (Lipinski definition) is 1. The highest BCUT2D eigenvalue weighted by atomic mass is 16.7. The van der Waals surface area contributed by atoms with Crippen molar-refractivity contribution in [2.75, 3.05) is 6.54 Å². The van der Waals surface area contributed by atoms with E-state index in [0.717, 1.165) is 16.7 Å². The molecule has 1 heterocycles. The van der Waals surface area contributed by atoms with Crippen molar-refractivity contribution in [3.05, 3.63) is 120 Å². The minimum Gasteiger partial charge on any atom is -0.444 e. The van der Waals surface area contributed by atoms with E-state index in [1.54, 1.807) is 20.8 Å². The molecular formula is C30H32N2O4. The number of amides is 2. The fraction of sp³-hybridized carbons (Fsp3) is 0.267. The molecule has 0 radical (unpaired) electrons. The Hall–Kier alpha value is -3.90. The van der Waals surface area contributed by atoms with Gasteiger partial charge in [-0.25, -0.2) is 14.7 Å². The number of ether oxygens (including phenoxy) is 1. The molecule has 1 atom stereocenters. The van der Waals surface area contributed by atoms with Crippen LogP contribution in [0.5, 0.6) is 0 Å². The third-order valence-corrected chi connectivity index (χ3v) is 5.83. The summed E-state index contributed by atoms with van der Waals surface area (Å²) >= 11 is 0. The van der Waals surface area contributed by atoms with E-state index in [1.165, 1.54) is 5.06 Å². The first-order valence-electron chi connectivity index (χ1n) is 12.1. The molecule has 6 nitrogen and oxygen atoms in total. The Labute approximate surface area is 212 Å². The molecule has 1 aliphatic rings. The molecule has 2 amide bonds. The quantitative estimate of drug-likeness (QED) is 0.366. The number of nitrogens with zero attached hydrogens (tertiary/aromatic N) is 1. The SMILES string of the molecule is CC(C)(C)OC(=O)NC1CC=CCN(OC(c2ccccc2)(c2ccccc2)c2ccccc2)C1=O. The average Bonchev–Trinajstić information content (AvgIpc) is 3.04. The minimum absolute atomic E-state index is 0.236. The van der Waals surface area contributed by atoms with Crippen LogP contribution < -0.4 is 5.32 Å². The first-order chi connectivity index (χ1) is 17.3. The van der Waals surface area contributed by atoms with Gasteiger partial charge >= 0.3 is 6.09 Å². The molecule has 3 aromatic rings. The number of hydrogen-bond acceptors (Lipinski definition) is 4. The number of hydroxylamine groups is 2. The van der Waals surface area contributed by atoms with Gasteiger partial charge < -0.3 is 10.1 Å². The van der Waals surface area contributed by atoms with Crippen molar-refractivity contribution in [2.45, 2.75) is 44.4 Å². The van der Waals surface area contributed by atoms with Crippen molar-refractivity contribution in [3.63, 3.8) is 0 Å². The second-order valence-corrected chi connectivity index (χ2v) is 9.68. The molecule has 1 N–H and O–H groups in total. The molecule has 0 bridgehead atoms. The van der Waals surface area contributed by atoms with Gasteiger partial charge in [0.1, 0.15) is 11.6 Å². The Morgan fingerprint density at radius 3 is 1.72 bits per heavy atom. The van der Waals surface area contributed by atoms with Gasteiger partial charge in [-0.1, -0.05) is 103 Å². The monoisotopic (exact) mass is 484 g/mol. The highest BCUT2D eigenvalue weighted by Gasteiger charge is 2.42. The lowest BCUT2D eigenvalue weighted by Crippen LogP contribution is -2.51. The highest BCUT2D eigenvalue weighted by Crippen LogP contribution is 2.41. The van der Waals surface area contributed by atoms with Gasteiger partial charge in [-0.15, -0.1) is 0 Å². The maximum absolute atomic E-state index is 13.7. The van der Waals surface area contributed by atoms with Gasteiger partial charge in [-0.05, 0) is 43.9 Å². The van der Waals surface area contributed by atoms with E-state index in [4.69, 9.17) is 9.57 Å². The average molecular weight is 485 g/mol. The molecule has 0 saturated carbocycles. The molecule has 3 aromatic carbocycles. The van der Waals surface area contributed by atoms with Crippen molar-refractivity contribution < 1.29 is 19.2 Å². The summed E-state index contributed by atoms with van der Waals surface area (Å²) in [5, 5.41) is 4.06. The Bertz CT molecular complexity index is 1090. The number of alkyl carbamates (subject to hydrolysis) is 1. The summed E-state index contributed by atoms with van der Waals surface area (Å²) in [6.45, 7) is 5.58. The molecule has 1 unspecified atom stereocenters. The normalized spacial score (nSPS) is 16.4. The fourth-order valence-corrected chi connectivity index (χ4v) is 4.26. The Morgan fingerprint density at radius 1 is 0.806 bits per heavy atom. The molecule has 0 fully saturated rings. The number of carbonyl (C=O) groups excluding carboxylic acids is 2. The van der Waals surface area contributed by atoms with Crippen molar-refractivity contribution in [1.29, 1.82) is 0 Å². The zero-order valence-corrected chi connectivity index (χ0v) is 20.9. The Balaban J connectivity index is 1.76. The van der Waals surface area contributed by atoms with Gasteiger partial charge in [0.25, 0.3) is 5.91 Å². The van der Waals surface area contributed by atoms with E-state index in [9.17, 15) is 9.59 Å². The van der Waals surface area contributed by atoms with Crippen LogP contribution in [0.3, 0.4) is 0 Å². The van der Waals surface area contributed by atoms with Crippen LogP contribution in [-0.4, -0.2) is 35.3 Å². The second kappa shape index (κ2) is 10.8. The Morgan fingerprint density at radius 2 is 1.28 bits per heavy atom. The van der Waals surface area contributed by atoms with E-state index in [2.05, 4.69) is 5.32 Å². The van der Waals surface area contributed by atoms with Crippen molar-refractivity contribution in [2.24, 2.45) is 0 Å². The summed E-state index contributed by atoms with van der Waals surface area (Å²) in [4.78, 5) is 33.0. The predicted molar refractivity (Wildman–Crippen MR) is 139 cm³/mol. The number of carbonyl (C=O) groups is 2. The molecule has 0 aromatic heterocycles. The van der Waals surface area contributed by atoms with Gasteiger partial charge in [0, 0.05) is 0 Å². The van der Waals surface area contributed by atoms with Crippen LogP contribution in [0.4, 0.5) is 4.79 Å². The summed E-state index contributed by atoms with van der Waals surface area (Å²) in [7, 11) is 0. The van der Waals surface area contributed by atoms with E-state index in [-0.39, 0.29) is 12.5 Å². The van der Waals surface area contributed by atoms with E-state index >= 15 is 0 Å². The molecule has 6 heteroatoms. The van der Waals surface area contributed by atoms with E-state index in [1.807, 2.05) is 103 Å². The molecule has 0 aliphatic carbocycles. The lowest BCUT2D eigenvalue weighted by atomic mass is 9.80. The van der Waals surface area contributed by atoms with Crippen molar-refractivity contribution >= 4 is 12.0 Å². The molecule has 0 saturated heterocycles. The Kier molecular flexibility index (Phi) is 7.55. The van der Waals surface area contributed by atoms with Gasteiger partial charge in [0.05, 0.1) is 6.54 Å². The second-order valence-electron chi connectivity index (χ2n) is 9.68. The summed E-state index contributed by atoms with van der Waals surface area (Å²) in [5.74, 6) is -0.349. The first-order valence-corrected chi connectivity index (χ1v) is 12.1. The maximum Gasteiger partial charge on any atom is 0.408 e. The third-order valence-electron chi connectivity index (χ3n) is 5.83. The van der Waals surface area contributed by atoms with Crippen LogP contribution in [0, 0.1) is 0 Å². The first kappa shape index (κ1) is 25.2. The minimum atomic E-state index is -1.10. The lowest BCUT2D eigenvalue weighted by Gasteiger charge is -2.39. The largest absolute Gasteiger partial charge is 0.444 e. The van der Waals surface area contributed by atoms with Crippen LogP contribution in [0.2, 0.25) is 0 Å². The summed E-state index contributed by atoms with van der Waals surface area (Å²) in [6, 6.07) is 28.7. The highest BCUT2D eigenvalue weighted by molar-refractivity contribution is 5.85. The molecule has 36 heavy (non-hydrogen) atoms. The molecule has 4 rings (SSSR count). The topological polar surface area (TPSA) is 67.9 Å². The van der Waals surface area contributed by atoms with Gasteiger partial charge in [0.2, 0.25) is 0 Å².